The number of aliphatic imine (C=N–C) groups is 1. The predicted octanol–water partition coefficient (Wildman–Crippen LogP) is 3.10. The minimum atomic E-state index is 0.744. The van der Waals surface area contributed by atoms with E-state index in [1.807, 2.05) is 13.2 Å². The molecule has 0 saturated carbocycles. The van der Waals surface area contributed by atoms with Crippen molar-refractivity contribution in [2.45, 2.75) is 52.5 Å². The van der Waals surface area contributed by atoms with E-state index in [-0.39, 0.29) is 0 Å². The van der Waals surface area contributed by atoms with Crippen molar-refractivity contribution in [1.29, 1.82) is 0 Å². The van der Waals surface area contributed by atoms with Gasteiger partial charge in [-0.25, -0.2) is 4.98 Å². The topological polar surface area (TPSA) is 55.8 Å². The molecular weight excluding hydrogens is 360 g/mol. The molecule has 0 bridgehead atoms. The minimum absolute atomic E-state index is 0.744. The van der Waals surface area contributed by atoms with E-state index in [4.69, 9.17) is 0 Å². The number of guanidine groups is 1. The van der Waals surface area contributed by atoms with E-state index < -0.39 is 0 Å². The van der Waals surface area contributed by atoms with Crippen LogP contribution in [-0.2, 0) is 6.54 Å². The molecule has 6 heteroatoms. The van der Waals surface area contributed by atoms with Crippen molar-refractivity contribution >= 4 is 11.8 Å². The van der Waals surface area contributed by atoms with Crippen molar-refractivity contribution in [2.24, 2.45) is 16.8 Å². The third kappa shape index (κ3) is 7.18. The molecule has 0 aliphatic carbocycles. The number of hydrogen-bond acceptors (Lipinski definition) is 4. The number of rotatable bonds is 7. The Kier molecular flexibility index (Phi) is 8.59. The molecule has 6 nitrogen and oxygen atoms in total. The highest BCUT2D eigenvalue weighted by molar-refractivity contribution is 5.79. The van der Waals surface area contributed by atoms with Crippen LogP contribution in [0.1, 0.15) is 51.5 Å². The Balaban J connectivity index is 1.33. The Morgan fingerprint density at radius 2 is 1.72 bits per heavy atom. The summed E-state index contributed by atoms with van der Waals surface area (Å²) >= 11 is 0. The van der Waals surface area contributed by atoms with Gasteiger partial charge < -0.3 is 20.4 Å². The summed E-state index contributed by atoms with van der Waals surface area (Å²) in [5.41, 5.74) is 1.18. The lowest BCUT2D eigenvalue weighted by atomic mass is 9.99. The Morgan fingerprint density at radius 1 is 1.03 bits per heavy atom. The number of anilines is 1. The van der Waals surface area contributed by atoms with Gasteiger partial charge in [0.05, 0.1) is 0 Å². The Bertz CT molecular complexity index is 613. The highest BCUT2D eigenvalue weighted by atomic mass is 15.2. The largest absolute Gasteiger partial charge is 0.357 e. The molecule has 2 fully saturated rings. The van der Waals surface area contributed by atoms with Gasteiger partial charge >= 0.3 is 0 Å². The first-order chi connectivity index (χ1) is 14.1. The van der Waals surface area contributed by atoms with Crippen LogP contribution in [0.5, 0.6) is 0 Å². The highest BCUT2D eigenvalue weighted by Gasteiger charge is 2.17. The number of likely N-dealkylation sites (tertiary alicyclic amines) is 1. The van der Waals surface area contributed by atoms with Crippen LogP contribution >= 0.6 is 0 Å². The van der Waals surface area contributed by atoms with Crippen molar-refractivity contribution in [3.05, 3.63) is 23.9 Å². The van der Waals surface area contributed by atoms with Crippen LogP contribution in [0.4, 0.5) is 5.82 Å². The summed E-state index contributed by atoms with van der Waals surface area (Å²) in [7, 11) is 1.83. The second kappa shape index (κ2) is 11.4. The molecular formula is C23H40N6. The fourth-order valence-electron chi connectivity index (χ4n) is 4.15. The molecule has 0 unspecified atom stereocenters. The normalized spacial score (nSPS) is 20.1. The van der Waals surface area contributed by atoms with Gasteiger partial charge in [0.25, 0.3) is 0 Å². The zero-order valence-electron chi connectivity index (χ0n) is 18.7. The molecule has 29 heavy (non-hydrogen) atoms. The first kappa shape index (κ1) is 21.9. The van der Waals surface area contributed by atoms with E-state index in [1.54, 1.807) is 0 Å². The molecule has 2 aliphatic heterocycles. The number of pyridine rings is 1. The van der Waals surface area contributed by atoms with Crippen molar-refractivity contribution in [2.75, 3.05) is 51.2 Å². The maximum absolute atomic E-state index is 4.68. The zero-order chi connectivity index (χ0) is 20.5. The van der Waals surface area contributed by atoms with E-state index >= 15 is 0 Å². The zero-order valence-corrected chi connectivity index (χ0v) is 18.7. The summed E-state index contributed by atoms with van der Waals surface area (Å²) < 4.78 is 0. The number of aromatic nitrogens is 1. The van der Waals surface area contributed by atoms with Crippen molar-refractivity contribution in [3.8, 4) is 0 Å². The minimum Gasteiger partial charge on any atom is -0.357 e. The van der Waals surface area contributed by atoms with Gasteiger partial charge in [0.2, 0.25) is 0 Å². The van der Waals surface area contributed by atoms with Gasteiger partial charge in [-0.15, -0.1) is 0 Å². The van der Waals surface area contributed by atoms with Crippen molar-refractivity contribution in [1.82, 2.24) is 20.5 Å². The summed E-state index contributed by atoms with van der Waals surface area (Å²) in [6, 6.07) is 4.33. The van der Waals surface area contributed by atoms with Gasteiger partial charge in [-0.2, -0.15) is 0 Å². The van der Waals surface area contributed by atoms with E-state index in [0.29, 0.717) is 0 Å². The fraction of sp³-hybridized carbons (Fsp3) is 0.739. The van der Waals surface area contributed by atoms with Crippen LogP contribution in [0.15, 0.2) is 23.3 Å². The molecule has 3 rings (SSSR count). The maximum atomic E-state index is 4.68. The Morgan fingerprint density at radius 3 is 2.34 bits per heavy atom. The highest BCUT2D eigenvalue weighted by Crippen LogP contribution is 2.21. The fourth-order valence-corrected chi connectivity index (χ4v) is 4.15. The second-order valence-corrected chi connectivity index (χ2v) is 8.92. The molecule has 0 spiro atoms. The lowest BCUT2D eigenvalue weighted by Crippen LogP contribution is -2.39. The van der Waals surface area contributed by atoms with Gasteiger partial charge in [0, 0.05) is 39.4 Å². The number of nitrogens with one attached hydrogen (secondary N) is 2. The summed E-state index contributed by atoms with van der Waals surface area (Å²) in [4.78, 5) is 14.0. The first-order valence-electron chi connectivity index (χ1n) is 11.5. The Labute approximate surface area is 177 Å². The molecule has 1 aromatic rings. The molecule has 2 N–H and O–H groups in total. The maximum Gasteiger partial charge on any atom is 0.191 e. The second-order valence-electron chi connectivity index (χ2n) is 8.92. The summed E-state index contributed by atoms with van der Waals surface area (Å²) in [5.74, 6) is 3.72. The smallest absolute Gasteiger partial charge is 0.191 e. The Hall–Kier alpha value is -1.82. The van der Waals surface area contributed by atoms with Crippen LogP contribution in [0.25, 0.3) is 0 Å². The van der Waals surface area contributed by atoms with Crippen LogP contribution < -0.4 is 15.5 Å². The molecule has 0 atom stereocenters. The average molecular weight is 401 g/mol. The molecule has 1 aromatic heterocycles. The van der Waals surface area contributed by atoms with Crippen LogP contribution in [0, 0.1) is 11.8 Å². The van der Waals surface area contributed by atoms with Crippen LogP contribution in [0.3, 0.4) is 0 Å². The monoisotopic (exact) mass is 400 g/mol. The van der Waals surface area contributed by atoms with E-state index in [9.17, 15) is 0 Å². The molecule has 3 heterocycles. The van der Waals surface area contributed by atoms with Crippen molar-refractivity contribution in [3.63, 3.8) is 0 Å². The van der Waals surface area contributed by atoms with Gasteiger partial charge in [-0.05, 0) is 75.2 Å². The number of hydrogen-bond donors (Lipinski definition) is 2. The molecule has 2 aliphatic rings. The number of piperidine rings is 2. The van der Waals surface area contributed by atoms with Crippen molar-refractivity contribution < 1.29 is 0 Å². The SMILES string of the molecule is CN=C(NCCCN1CCC(C)CC1)NCc1ccc(N2CCC(C)CC2)nc1. The lowest BCUT2D eigenvalue weighted by molar-refractivity contribution is 0.191. The van der Waals surface area contributed by atoms with Gasteiger partial charge in [-0.3, -0.25) is 4.99 Å². The van der Waals surface area contributed by atoms with E-state index in [1.165, 1.54) is 50.9 Å². The standard InChI is InChI=1S/C23H40N6/c1-19-7-13-28(14-8-19)12-4-11-25-23(24-3)27-18-21-5-6-22(26-17-21)29-15-9-20(2)10-16-29/h5-6,17,19-20H,4,7-16,18H2,1-3H3,(H2,24,25,27). The molecule has 2 saturated heterocycles. The van der Waals surface area contributed by atoms with Crippen LogP contribution in [0.2, 0.25) is 0 Å². The van der Waals surface area contributed by atoms with Crippen LogP contribution in [-0.4, -0.2) is 62.2 Å². The average Bonchev–Trinajstić information content (AvgIpc) is 2.75. The summed E-state index contributed by atoms with van der Waals surface area (Å²) in [5, 5.41) is 6.85. The molecule has 162 valence electrons. The van der Waals surface area contributed by atoms with Gasteiger partial charge in [0.1, 0.15) is 5.82 Å². The third-order valence-corrected chi connectivity index (χ3v) is 6.42. The quantitative estimate of drug-likeness (QED) is 0.418. The summed E-state index contributed by atoms with van der Waals surface area (Å²) in [6.45, 7) is 12.3. The predicted molar refractivity (Wildman–Crippen MR) is 123 cm³/mol. The lowest BCUT2D eigenvalue weighted by Gasteiger charge is -2.31. The molecule has 0 radical (unpaired) electrons. The van der Waals surface area contributed by atoms with E-state index in [0.717, 1.165) is 56.2 Å². The van der Waals surface area contributed by atoms with E-state index in [2.05, 4.69) is 56.4 Å². The molecule has 0 amide bonds. The summed E-state index contributed by atoms with van der Waals surface area (Å²) in [6.07, 6.45) is 8.37. The third-order valence-electron chi connectivity index (χ3n) is 6.42. The van der Waals surface area contributed by atoms with Gasteiger partial charge in [0.15, 0.2) is 5.96 Å². The first-order valence-corrected chi connectivity index (χ1v) is 11.5. The van der Waals surface area contributed by atoms with Gasteiger partial charge in [-0.1, -0.05) is 19.9 Å². The number of nitrogens with zero attached hydrogens (tertiary/aromatic N) is 4. The molecule has 0 aromatic carbocycles.